The third-order valence-corrected chi connectivity index (χ3v) is 6.56. The Hall–Kier alpha value is -2.93. The molecule has 0 bridgehead atoms. The van der Waals surface area contributed by atoms with E-state index in [2.05, 4.69) is 16.4 Å². The largest absolute Gasteiger partial charge is 0.448 e. The van der Waals surface area contributed by atoms with Crippen LogP contribution in [0.25, 0.3) is 10.6 Å². The molecule has 1 aromatic carbocycles. The van der Waals surface area contributed by atoms with Crippen molar-refractivity contribution in [2.75, 3.05) is 0 Å². The number of alkyl halides is 3. The second-order valence-corrected chi connectivity index (χ2v) is 8.80. The highest BCUT2D eigenvalue weighted by Crippen LogP contribution is 2.33. The van der Waals surface area contributed by atoms with E-state index >= 15 is 0 Å². The van der Waals surface area contributed by atoms with Crippen LogP contribution in [0.5, 0.6) is 0 Å². The number of halogens is 3. The number of carbonyl (C=O) groups is 2. The average molecular weight is 465 g/mol. The fourth-order valence-corrected chi connectivity index (χ4v) is 4.49. The molecule has 0 saturated heterocycles. The van der Waals surface area contributed by atoms with E-state index in [1.54, 1.807) is 6.92 Å². The summed E-state index contributed by atoms with van der Waals surface area (Å²) in [5.74, 6) is -1.30. The first kappa shape index (κ1) is 23.7. The molecule has 6 nitrogen and oxygen atoms in total. The third-order valence-electron chi connectivity index (χ3n) is 5.38. The molecule has 1 saturated carbocycles. The van der Waals surface area contributed by atoms with E-state index in [-0.39, 0.29) is 4.88 Å². The quantitative estimate of drug-likeness (QED) is 0.626. The number of nitriles is 1. The van der Waals surface area contributed by atoms with Gasteiger partial charge >= 0.3 is 12.1 Å². The first-order chi connectivity index (χ1) is 15.0. The number of thiazole rings is 1. The van der Waals surface area contributed by atoms with E-state index < -0.39 is 35.3 Å². The normalized spacial score (nSPS) is 16.6. The van der Waals surface area contributed by atoms with Crippen LogP contribution >= 0.6 is 11.3 Å². The monoisotopic (exact) mass is 465 g/mol. The van der Waals surface area contributed by atoms with Crippen molar-refractivity contribution in [2.45, 2.75) is 63.8 Å². The van der Waals surface area contributed by atoms with Crippen molar-refractivity contribution in [1.29, 1.82) is 5.26 Å². The van der Waals surface area contributed by atoms with E-state index in [0.717, 1.165) is 42.7 Å². The summed E-state index contributed by atoms with van der Waals surface area (Å²) < 4.78 is 43.5. The molecular formula is C22H22F3N3O3S. The molecule has 1 aliphatic rings. The Labute approximate surface area is 187 Å². The number of rotatable bonds is 5. The van der Waals surface area contributed by atoms with Gasteiger partial charge in [-0.15, -0.1) is 11.3 Å². The maximum absolute atomic E-state index is 12.8. The van der Waals surface area contributed by atoms with Crippen LogP contribution in [-0.4, -0.2) is 28.5 Å². The third kappa shape index (κ3) is 5.27. The number of amides is 1. The number of carbonyl (C=O) groups excluding carboxylic acids is 2. The minimum atomic E-state index is -4.44. The van der Waals surface area contributed by atoms with Crippen molar-refractivity contribution in [3.63, 3.8) is 0 Å². The molecule has 2 aromatic rings. The average Bonchev–Trinajstić information content (AvgIpc) is 3.15. The number of esters is 1. The molecule has 1 fully saturated rings. The lowest BCUT2D eigenvalue weighted by Gasteiger charge is -2.32. The summed E-state index contributed by atoms with van der Waals surface area (Å²) >= 11 is 0.976. The highest BCUT2D eigenvalue weighted by atomic mass is 32.1. The first-order valence-corrected chi connectivity index (χ1v) is 11.0. The molecule has 1 unspecified atom stereocenters. The second-order valence-electron chi connectivity index (χ2n) is 7.80. The molecule has 1 N–H and O–H groups in total. The lowest BCUT2D eigenvalue weighted by atomic mass is 9.83. The molecule has 170 valence electrons. The van der Waals surface area contributed by atoms with Crippen molar-refractivity contribution in [1.82, 2.24) is 10.3 Å². The minimum Gasteiger partial charge on any atom is -0.448 e. The van der Waals surface area contributed by atoms with Crippen LogP contribution in [0.3, 0.4) is 0 Å². The fourth-order valence-electron chi connectivity index (χ4n) is 3.54. The van der Waals surface area contributed by atoms with Gasteiger partial charge in [-0.1, -0.05) is 31.4 Å². The number of aryl methyl sites for hydroxylation is 1. The zero-order valence-electron chi connectivity index (χ0n) is 17.6. The maximum Gasteiger partial charge on any atom is 0.416 e. The number of hydrogen-bond donors (Lipinski definition) is 1. The van der Waals surface area contributed by atoms with Crippen LogP contribution in [0.4, 0.5) is 13.2 Å². The van der Waals surface area contributed by atoms with Gasteiger partial charge in [0.2, 0.25) is 0 Å². The Kier molecular flexibility index (Phi) is 6.88. The SMILES string of the molecule is Cc1nc(-c2ccc(C(F)(F)F)cc2)sc1C(=O)OC(C)C(=O)NC1(C#N)CCCCC1. The predicted molar refractivity (Wildman–Crippen MR) is 112 cm³/mol. The lowest BCUT2D eigenvalue weighted by Crippen LogP contribution is -2.52. The highest BCUT2D eigenvalue weighted by Gasteiger charge is 2.36. The van der Waals surface area contributed by atoms with Crippen molar-refractivity contribution in [3.05, 3.63) is 40.4 Å². The van der Waals surface area contributed by atoms with Gasteiger partial charge in [-0.05, 0) is 38.8 Å². The summed E-state index contributed by atoms with van der Waals surface area (Å²) in [6.07, 6.45) is -1.75. The zero-order valence-corrected chi connectivity index (χ0v) is 18.4. The summed E-state index contributed by atoms with van der Waals surface area (Å²) in [5, 5.41) is 12.6. The van der Waals surface area contributed by atoms with E-state index in [0.29, 0.717) is 29.1 Å². The zero-order chi connectivity index (χ0) is 23.5. The molecule has 0 radical (unpaired) electrons. The summed E-state index contributed by atoms with van der Waals surface area (Å²) in [6, 6.07) is 6.66. The van der Waals surface area contributed by atoms with E-state index in [1.165, 1.54) is 19.1 Å². The van der Waals surface area contributed by atoms with Crippen LogP contribution in [0.2, 0.25) is 0 Å². The predicted octanol–water partition coefficient (Wildman–Crippen LogP) is 5.03. The van der Waals surface area contributed by atoms with Crippen molar-refractivity contribution in [3.8, 4) is 16.6 Å². The van der Waals surface area contributed by atoms with Crippen LogP contribution in [-0.2, 0) is 15.7 Å². The lowest BCUT2D eigenvalue weighted by molar-refractivity contribution is -0.137. The Morgan fingerprint density at radius 3 is 2.41 bits per heavy atom. The summed E-state index contributed by atoms with van der Waals surface area (Å²) in [4.78, 5) is 29.5. The molecule has 32 heavy (non-hydrogen) atoms. The molecule has 1 atom stereocenters. The van der Waals surface area contributed by atoms with E-state index in [4.69, 9.17) is 4.74 Å². The van der Waals surface area contributed by atoms with Gasteiger partial charge in [0.15, 0.2) is 6.10 Å². The smallest absolute Gasteiger partial charge is 0.416 e. The van der Waals surface area contributed by atoms with Crippen molar-refractivity contribution in [2.24, 2.45) is 0 Å². The van der Waals surface area contributed by atoms with Crippen molar-refractivity contribution < 1.29 is 27.5 Å². The minimum absolute atomic E-state index is 0.159. The second kappa shape index (κ2) is 9.28. The van der Waals surface area contributed by atoms with Gasteiger partial charge in [0.05, 0.1) is 17.3 Å². The Morgan fingerprint density at radius 2 is 1.84 bits per heavy atom. The number of nitrogens with one attached hydrogen (secondary N) is 1. The number of nitrogens with zero attached hydrogens (tertiary/aromatic N) is 2. The summed E-state index contributed by atoms with van der Waals surface area (Å²) in [6.45, 7) is 3.01. The highest BCUT2D eigenvalue weighted by molar-refractivity contribution is 7.17. The number of ether oxygens (including phenoxy) is 1. The van der Waals surface area contributed by atoms with Crippen LogP contribution in [0.15, 0.2) is 24.3 Å². The first-order valence-electron chi connectivity index (χ1n) is 10.1. The van der Waals surface area contributed by atoms with E-state index in [1.807, 2.05) is 0 Å². The standard InChI is InChI=1S/C22H22F3N3O3S/c1-13-17(32-19(27-13)15-6-8-16(9-7-15)22(23,24)25)20(30)31-14(2)18(29)28-21(12-26)10-4-3-5-11-21/h6-9,14H,3-5,10-11H2,1-2H3,(H,28,29). The van der Waals surface area contributed by atoms with Crippen LogP contribution in [0, 0.1) is 18.3 Å². The van der Waals surface area contributed by atoms with E-state index in [9.17, 15) is 28.0 Å². The van der Waals surface area contributed by atoms with Gasteiger partial charge in [0.25, 0.3) is 5.91 Å². The number of benzene rings is 1. The van der Waals surface area contributed by atoms with Crippen LogP contribution in [0.1, 0.15) is 60.0 Å². The molecule has 3 rings (SSSR count). The summed E-state index contributed by atoms with van der Waals surface area (Å²) in [7, 11) is 0. The van der Waals surface area contributed by atoms with Gasteiger partial charge in [-0.2, -0.15) is 18.4 Å². The number of aromatic nitrogens is 1. The molecule has 1 amide bonds. The van der Waals surface area contributed by atoms with Gasteiger partial charge in [-0.25, -0.2) is 9.78 Å². The van der Waals surface area contributed by atoms with Gasteiger partial charge in [-0.3, -0.25) is 4.79 Å². The summed E-state index contributed by atoms with van der Waals surface area (Å²) in [5.41, 5.74) is -0.929. The van der Waals surface area contributed by atoms with Crippen LogP contribution < -0.4 is 5.32 Å². The Balaban J connectivity index is 1.68. The topological polar surface area (TPSA) is 92.1 Å². The molecule has 0 aliphatic heterocycles. The molecule has 1 heterocycles. The Morgan fingerprint density at radius 1 is 1.22 bits per heavy atom. The molecule has 0 spiro atoms. The fraction of sp³-hybridized carbons (Fsp3) is 0.455. The number of hydrogen-bond acceptors (Lipinski definition) is 6. The van der Waals surface area contributed by atoms with Gasteiger partial charge < -0.3 is 10.1 Å². The van der Waals surface area contributed by atoms with Crippen molar-refractivity contribution >= 4 is 23.2 Å². The molecular weight excluding hydrogens is 443 g/mol. The molecule has 1 aromatic heterocycles. The van der Waals surface area contributed by atoms with Gasteiger partial charge in [0, 0.05) is 5.56 Å². The van der Waals surface area contributed by atoms with Gasteiger partial charge in [0.1, 0.15) is 15.4 Å². The Bertz CT molecular complexity index is 1040. The maximum atomic E-state index is 12.8. The molecule has 1 aliphatic carbocycles. The molecule has 10 heteroatoms.